The van der Waals surface area contributed by atoms with Gasteiger partial charge in [0.25, 0.3) is 5.91 Å². The number of hydrogen-bond donors (Lipinski definition) is 0. The second-order valence-electron chi connectivity index (χ2n) is 6.59. The molecule has 0 aliphatic heterocycles. The molecule has 1 aliphatic rings. The second kappa shape index (κ2) is 5.38. The second-order valence-corrected chi connectivity index (χ2v) is 6.59. The molecule has 0 bridgehead atoms. The number of benzene rings is 2. The first-order chi connectivity index (χ1) is 11.2. The van der Waals surface area contributed by atoms with Crippen molar-refractivity contribution >= 4 is 16.8 Å². The summed E-state index contributed by atoms with van der Waals surface area (Å²) in [4.78, 5) is 13.2. The normalized spacial score (nSPS) is 14.0. The minimum atomic E-state index is 0.104. The number of aryl methyl sites for hydroxylation is 3. The zero-order valence-electron chi connectivity index (χ0n) is 13.7. The van der Waals surface area contributed by atoms with Crippen LogP contribution in [0.15, 0.2) is 42.5 Å². The van der Waals surface area contributed by atoms with Crippen LogP contribution < -0.4 is 0 Å². The van der Waals surface area contributed by atoms with Gasteiger partial charge in [0, 0.05) is 16.6 Å². The Balaban J connectivity index is 1.94. The van der Waals surface area contributed by atoms with E-state index in [-0.39, 0.29) is 5.91 Å². The zero-order valence-corrected chi connectivity index (χ0v) is 13.7. The summed E-state index contributed by atoms with van der Waals surface area (Å²) >= 11 is 0. The third kappa shape index (κ3) is 2.21. The third-order valence-corrected chi connectivity index (χ3v) is 5.14. The Morgan fingerprint density at radius 3 is 2.57 bits per heavy atom. The Morgan fingerprint density at radius 1 is 0.957 bits per heavy atom. The van der Waals surface area contributed by atoms with Gasteiger partial charge < -0.3 is 0 Å². The van der Waals surface area contributed by atoms with Crippen LogP contribution in [0.3, 0.4) is 0 Å². The van der Waals surface area contributed by atoms with Crippen LogP contribution in [0.5, 0.6) is 0 Å². The molecular weight excluding hydrogens is 282 g/mol. The Hall–Kier alpha value is -2.35. The monoisotopic (exact) mass is 303 g/mol. The highest BCUT2D eigenvalue weighted by molar-refractivity contribution is 6.04. The summed E-state index contributed by atoms with van der Waals surface area (Å²) in [6, 6.07) is 14.3. The predicted molar refractivity (Wildman–Crippen MR) is 94.2 cm³/mol. The van der Waals surface area contributed by atoms with Gasteiger partial charge >= 0.3 is 0 Å². The molecule has 0 unspecified atom stereocenters. The fraction of sp³-hybridized carbons (Fsp3) is 0.286. The van der Waals surface area contributed by atoms with Crippen molar-refractivity contribution in [2.45, 2.75) is 39.5 Å². The fourth-order valence-corrected chi connectivity index (χ4v) is 3.73. The molecule has 0 spiro atoms. The quantitative estimate of drug-likeness (QED) is 0.631. The van der Waals surface area contributed by atoms with Crippen LogP contribution >= 0.6 is 0 Å². The maximum Gasteiger partial charge on any atom is 0.262 e. The first-order valence-corrected chi connectivity index (χ1v) is 8.40. The first kappa shape index (κ1) is 14.3. The van der Waals surface area contributed by atoms with Crippen molar-refractivity contribution in [3.05, 3.63) is 70.4 Å². The van der Waals surface area contributed by atoms with Gasteiger partial charge in [0.05, 0.1) is 5.52 Å². The van der Waals surface area contributed by atoms with Crippen LogP contribution in [-0.4, -0.2) is 10.5 Å². The van der Waals surface area contributed by atoms with E-state index >= 15 is 0 Å². The molecular formula is C21H21NO. The number of carbonyl (C=O) groups excluding carboxylic acids is 1. The van der Waals surface area contributed by atoms with Gasteiger partial charge in [0.1, 0.15) is 0 Å². The number of hydrogen-bond acceptors (Lipinski definition) is 1. The van der Waals surface area contributed by atoms with E-state index in [0.29, 0.717) is 0 Å². The highest BCUT2D eigenvalue weighted by atomic mass is 16.2. The topological polar surface area (TPSA) is 22.0 Å². The maximum atomic E-state index is 13.2. The summed E-state index contributed by atoms with van der Waals surface area (Å²) < 4.78 is 1.97. The largest absolute Gasteiger partial charge is 0.280 e. The van der Waals surface area contributed by atoms with Crippen LogP contribution in [0, 0.1) is 13.8 Å². The zero-order chi connectivity index (χ0) is 16.0. The molecule has 23 heavy (non-hydrogen) atoms. The van der Waals surface area contributed by atoms with Crippen molar-refractivity contribution in [3.63, 3.8) is 0 Å². The van der Waals surface area contributed by atoms with Crippen molar-refractivity contribution < 1.29 is 4.79 Å². The summed E-state index contributed by atoms with van der Waals surface area (Å²) in [5.41, 5.74) is 6.83. The molecule has 0 saturated carbocycles. The van der Waals surface area contributed by atoms with Gasteiger partial charge in [0.2, 0.25) is 0 Å². The number of para-hydroxylation sites is 1. The standard InChI is InChI=1S/C21H21NO/c1-14-11-12-16(13-15(14)2)21(23)22-19-9-5-3-7-17(19)18-8-4-6-10-20(18)22/h3,5,7,9,11-13H,4,6,8,10H2,1-2H3. The minimum absolute atomic E-state index is 0.104. The Kier molecular flexibility index (Phi) is 3.33. The molecule has 2 aromatic carbocycles. The van der Waals surface area contributed by atoms with E-state index < -0.39 is 0 Å². The van der Waals surface area contributed by atoms with Crippen molar-refractivity contribution in [3.8, 4) is 0 Å². The molecule has 0 radical (unpaired) electrons. The summed E-state index contributed by atoms with van der Waals surface area (Å²) in [5, 5.41) is 1.25. The number of rotatable bonds is 1. The minimum Gasteiger partial charge on any atom is -0.280 e. The molecule has 0 atom stereocenters. The van der Waals surface area contributed by atoms with Crippen LogP contribution in [-0.2, 0) is 12.8 Å². The summed E-state index contributed by atoms with van der Waals surface area (Å²) in [6.07, 6.45) is 4.48. The van der Waals surface area contributed by atoms with Gasteiger partial charge in [-0.25, -0.2) is 0 Å². The van der Waals surface area contributed by atoms with Crippen LogP contribution in [0.25, 0.3) is 10.9 Å². The lowest BCUT2D eigenvalue weighted by Gasteiger charge is -2.15. The van der Waals surface area contributed by atoms with E-state index in [1.165, 1.54) is 40.6 Å². The fourth-order valence-electron chi connectivity index (χ4n) is 3.73. The smallest absolute Gasteiger partial charge is 0.262 e. The van der Waals surface area contributed by atoms with E-state index in [1.807, 2.05) is 28.8 Å². The Bertz CT molecular complexity index is 917. The molecule has 4 rings (SSSR count). The lowest BCUT2D eigenvalue weighted by molar-refractivity contribution is 0.0961. The van der Waals surface area contributed by atoms with E-state index in [2.05, 4.69) is 32.0 Å². The molecule has 2 nitrogen and oxygen atoms in total. The molecule has 0 saturated heterocycles. The summed E-state index contributed by atoms with van der Waals surface area (Å²) in [7, 11) is 0. The predicted octanol–water partition coefficient (Wildman–Crippen LogP) is 4.83. The number of nitrogens with zero attached hydrogens (tertiary/aromatic N) is 1. The van der Waals surface area contributed by atoms with Crippen molar-refractivity contribution in [1.29, 1.82) is 0 Å². The molecule has 1 aliphatic carbocycles. The van der Waals surface area contributed by atoms with E-state index in [4.69, 9.17) is 0 Å². The van der Waals surface area contributed by atoms with Gasteiger partial charge in [-0.2, -0.15) is 0 Å². The van der Waals surface area contributed by atoms with Crippen LogP contribution in [0.2, 0.25) is 0 Å². The van der Waals surface area contributed by atoms with Gasteiger partial charge in [0.15, 0.2) is 0 Å². The van der Waals surface area contributed by atoms with Gasteiger partial charge in [-0.15, -0.1) is 0 Å². The lowest BCUT2D eigenvalue weighted by Crippen LogP contribution is -2.17. The van der Waals surface area contributed by atoms with Crippen molar-refractivity contribution in [2.75, 3.05) is 0 Å². The molecule has 0 N–H and O–H groups in total. The summed E-state index contributed by atoms with van der Waals surface area (Å²) in [5.74, 6) is 0.104. The Morgan fingerprint density at radius 2 is 1.74 bits per heavy atom. The molecule has 0 amide bonds. The van der Waals surface area contributed by atoms with Gasteiger partial charge in [-0.1, -0.05) is 24.3 Å². The first-order valence-electron chi connectivity index (χ1n) is 8.40. The molecule has 1 aromatic heterocycles. The highest BCUT2D eigenvalue weighted by Gasteiger charge is 2.23. The van der Waals surface area contributed by atoms with E-state index in [9.17, 15) is 4.79 Å². The van der Waals surface area contributed by atoms with E-state index in [1.54, 1.807) is 0 Å². The molecule has 0 fully saturated rings. The van der Waals surface area contributed by atoms with Crippen LogP contribution in [0.4, 0.5) is 0 Å². The Labute approximate surface area is 136 Å². The molecule has 2 heteroatoms. The molecule has 3 aromatic rings. The number of aromatic nitrogens is 1. The molecule has 116 valence electrons. The average Bonchev–Trinajstić information content (AvgIpc) is 2.91. The number of carbonyl (C=O) groups is 1. The SMILES string of the molecule is Cc1ccc(C(=O)n2c3c(c4ccccc42)CCCC3)cc1C. The van der Waals surface area contributed by atoms with E-state index in [0.717, 1.165) is 23.9 Å². The van der Waals surface area contributed by atoms with Gasteiger partial charge in [-0.05, 0) is 74.4 Å². The third-order valence-electron chi connectivity index (χ3n) is 5.14. The number of fused-ring (bicyclic) bond motifs is 3. The summed E-state index contributed by atoms with van der Waals surface area (Å²) in [6.45, 7) is 4.14. The van der Waals surface area contributed by atoms with Crippen molar-refractivity contribution in [2.24, 2.45) is 0 Å². The van der Waals surface area contributed by atoms with Gasteiger partial charge in [-0.3, -0.25) is 9.36 Å². The molecule has 1 heterocycles. The lowest BCUT2D eigenvalue weighted by atomic mass is 9.95. The highest BCUT2D eigenvalue weighted by Crippen LogP contribution is 2.32. The average molecular weight is 303 g/mol. The van der Waals surface area contributed by atoms with Crippen LogP contribution in [0.1, 0.15) is 45.6 Å². The van der Waals surface area contributed by atoms with Crippen molar-refractivity contribution in [1.82, 2.24) is 4.57 Å². The maximum absolute atomic E-state index is 13.2.